The monoisotopic (exact) mass is 375 g/mol. The molecular weight excluding hydrogens is 354 g/mol. The van der Waals surface area contributed by atoms with Gasteiger partial charge in [0.1, 0.15) is 12.4 Å². The van der Waals surface area contributed by atoms with Gasteiger partial charge in [-0.3, -0.25) is 4.79 Å². The minimum absolute atomic E-state index is 0.0751. The number of aryl methyl sites for hydroxylation is 2. The van der Waals surface area contributed by atoms with Gasteiger partial charge < -0.3 is 14.8 Å². The Balaban J connectivity index is 1.56. The van der Waals surface area contributed by atoms with Gasteiger partial charge in [0, 0.05) is 6.42 Å². The second kappa shape index (κ2) is 10.5. The molecule has 6 heteroatoms. The number of nitrogens with one attached hydrogen (secondary N) is 1. The topological polar surface area (TPSA) is 64.6 Å². The molecule has 0 unspecified atom stereocenters. The quantitative estimate of drug-likeness (QED) is 0.539. The minimum atomic E-state index is -0.515. The minimum Gasteiger partial charge on any atom is -0.480 e. The van der Waals surface area contributed by atoms with Gasteiger partial charge in [0.15, 0.2) is 6.61 Å². The Labute approximate surface area is 158 Å². The molecule has 0 aliphatic carbocycles. The number of halogens is 1. The number of hydrogen-bond acceptors (Lipinski definition) is 4. The Morgan fingerprint density at radius 2 is 1.81 bits per heavy atom. The second-order valence-electron chi connectivity index (χ2n) is 5.78. The zero-order valence-corrected chi connectivity index (χ0v) is 15.4. The van der Waals surface area contributed by atoms with E-state index in [0.29, 0.717) is 23.6 Å². The van der Waals surface area contributed by atoms with Crippen LogP contribution in [0.15, 0.2) is 48.5 Å². The standard InChI is InChI=1S/C20H22ClNO4/c1-15-6-8-16(9-7-15)10-11-19(23)22-12-13-25-20(24)14-26-18-5-3-2-4-17(18)21/h2-9H,10-14H2,1H3,(H,22,23). The average Bonchev–Trinajstić information content (AvgIpc) is 2.64. The van der Waals surface area contributed by atoms with Crippen LogP contribution in [0.4, 0.5) is 0 Å². The molecule has 0 spiro atoms. The van der Waals surface area contributed by atoms with Crippen molar-refractivity contribution < 1.29 is 19.1 Å². The van der Waals surface area contributed by atoms with Crippen LogP contribution in [0.5, 0.6) is 5.75 Å². The van der Waals surface area contributed by atoms with E-state index in [9.17, 15) is 9.59 Å². The second-order valence-corrected chi connectivity index (χ2v) is 6.18. The van der Waals surface area contributed by atoms with Gasteiger partial charge in [0.05, 0.1) is 11.6 Å². The van der Waals surface area contributed by atoms with E-state index in [2.05, 4.69) is 5.32 Å². The molecule has 26 heavy (non-hydrogen) atoms. The molecule has 0 aromatic heterocycles. The Morgan fingerprint density at radius 3 is 2.54 bits per heavy atom. The molecule has 2 aromatic rings. The third kappa shape index (κ3) is 7.15. The maximum absolute atomic E-state index is 11.8. The van der Waals surface area contributed by atoms with Crippen LogP contribution in [0.25, 0.3) is 0 Å². The molecule has 0 saturated heterocycles. The van der Waals surface area contributed by atoms with Crippen LogP contribution in [0.3, 0.4) is 0 Å². The molecule has 5 nitrogen and oxygen atoms in total. The van der Waals surface area contributed by atoms with Crippen LogP contribution in [-0.4, -0.2) is 31.6 Å². The van der Waals surface area contributed by atoms with E-state index in [4.69, 9.17) is 21.1 Å². The molecule has 1 N–H and O–H groups in total. The molecule has 0 aliphatic heterocycles. The van der Waals surface area contributed by atoms with E-state index in [1.54, 1.807) is 24.3 Å². The summed E-state index contributed by atoms with van der Waals surface area (Å²) in [7, 11) is 0. The third-order valence-electron chi connectivity index (χ3n) is 3.63. The highest BCUT2D eigenvalue weighted by molar-refractivity contribution is 6.32. The molecule has 0 bridgehead atoms. The van der Waals surface area contributed by atoms with E-state index >= 15 is 0 Å². The molecular formula is C20H22ClNO4. The fourth-order valence-corrected chi connectivity index (χ4v) is 2.39. The molecule has 0 heterocycles. The molecule has 1 amide bonds. The van der Waals surface area contributed by atoms with Crippen molar-refractivity contribution in [3.63, 3.8) is 0 Å². The summed E-state index contributed by atoms with van der Waals surface area (Å²) in [5, 5.41) is 3.16. The first-order valence-electron chi connectivity index (χ1n) is 8.40. The Bertz CT molecular complexity index is 731. The van der Waals surface area contributed by atoms with Gasteiger partial charge in [-0.05, 0) is 31.0 Å². The lowest BCUT2D eigenvalue weighted by Crippen LogP contribution is -2.29. The lowest BCUT2D eigenvalue weighted by Gasteiger charge is -2.09. The number of amides is 1. The first kappa shape index (κ1) is 19.8. The highest BCUT2D eigenvalue weighted by atomic mass is 35.5. The smallest absolute Gasteiger partial charge is 0.344 e. The molecule has 0 fully saturated rings. The summed E-state index contributed by atoms with van der Waals surface area (Å²) in [4.78, 5) is 23.4. The summed E-state index contributed by atoms with van der Waals surface area (Å²) in [5.41, 5.74) is 2.31. The van der Waals surface area contributed by atoms with Crippen LogP contribution in [0.1, 0.15) is 17.5 Å². The van der Waals surface area contributed by atoms with Gasteiger partial charge in [0.25, 0.3) is 0 Å². The summed E-state index contributed by atoms with van der Waals surface area (Å²) in [5.74, 6) is -0.164. The maximum Gasteiger partial charge on any atom is 0.344 e. The molecule has 2 rings (SSSR count). The van der Waals surface area contributed by atoms with Gasteiger partial charge in [-0.1, -0.05) is 53.6 Å². The predicted octanol–water partition coefficient (Wildman–Crippen LogP) is 3.32. The largest absolute Gasteiger partial charge is 0.480 e. The van der Waals surface area contributed by atoms with E-state index in [0.717, 1.165) is 5.56 Å². The number of carbonyl (C=O) groups is 2. The zero-order valence-electron chi connectivity index (χ0n) is 14.7. The Morgan fingerprint density at radius 1 is 1.08 bits per heavy atom. The van der Waals surface area contributed by atoms with Gasteiger partial charge in [-0.2, -0.15) is 0 Å². The van der Waals surface area contributed by atoms with E-state index < -0.39 is 5.97 Å². The highest BCUT2D eigenvalue weighted by Gasteiger charge is 2.07. The number of ether oxygens (including phenoxy) is 2. The van der Waals surface area contributed by atoms with Crippen molar-refractivity contribution in [1.29, 1.82) is 0 Å². The maximum atomic E-state index is 11.8. The van der Waals surface area contributed by atoms with Crippen molar-refractivity contribution in [3.05, 3.63) is 64.7 Å². The Hall–Kier alpha value is -2.53. The summed E-state index contributed by atoms with van der Waals surface area (Å²) >= 11 is 5.93. The van der Waals surface area contributed by atoms with Crippen LogP contribution >= 0.6 is 11.6 Å². The summed E-state index contributed by atoms with van der Waals surface area (Å²) in [6.45, 7) is 2.16. The molecule has 2 aromatic carbocycles. The number of para-hydroxylation sites is 1. The number of esters is 1. The highest BCUT2D eigenvalue weighted by Crippen LogP contribution is 2.22. The number of carbonyl (C=O) groups excluding carboxylic acids is 2. The van der Waals surface area contributed by atoms with Crippen LogP contribution in [0, 0.1) is 6.92 Å². The van der Waals surface area contributed by atoms with Crippen LogP contribution in [-0.2, 0) is 20.7 Å². The van der Waals surface area contributed by atoms with Gasteiger partial charge >= 0.3 is 5.97 Å². The lowest BCUT2D eigenvalue weighted by atomic mass is 10.1. The van der Waals surface area contributed by atoms with Crippen LogP contribution < -0.4 is 10.1 Å². The van der Waals surface area contributed by atoms with Crippen LogP contribution in [0.2, 0.25) is 5.02 Å². The third-order valence-corrected chi connectivity index (χ3v) is 3.94. The van der Waals surface area contributed by atoms with Crippen molar-refractivity contribution in [3.8, 4) is 5.75 Å². The SMILES string of the molecule is Cc1ccc(CCC(=O)NCCOC(=O)COc2ccccc2Cl)cc1. The fraction of sp³-hybridized carbons (Fsp3) is 0.300. The average molecular weight is 376 g/mol. The van der Waals surface area contributed by atoms with Crippen molar-refractivity contribution >= 4 is 23.5 Å². The van der Waals surface area contributed by atoms with E-state index in [-0.39, 0.29) is 25.7 Å². The van der Waals surface area contributed by atoms with Gasteiger partial charge in [-0.15, -0.1) is 0 Å². The lowest BCUT2D eigenvalue weighted by molar-refractivity contribution is -0.146. The van der Waals surface area contributed by atoms with E-state index in [1.165, 1.54) is 5.56 Å². The molecule has 0 radical (unpaired) electrons. The first-order valence-corrected chi connectivity index (χ1v) is 8.77. The summed E-state index contributed by atoms with van der Waals surface area (Å²) in [6.07, 6.45) is 1.07. The number of benzene rings is 2. The number of rotatable bonds is 9. The number of hydrogen-bond donors (Lipinski definition) is 1. The first-order chi connectivity index (χ1) is 12.5. The van der Waals surface area contributed by atoms with Crippen molar-refractivity contribution in [1.82, 2.24) is 5.32 Å². The van der Waals surface area contributed by atoms with E-state index in [1.807, 2.05) is 31.2 Å². The van der Waals surface area contributed by atoms with Gasteiger partial charge in [0.2, 0.25) is 5.91 Å². The molecule has 0 aliphatic rings. The predicted molar refractivity (Wildman–Crippen MR) is 100 cm³/mol. The summed E-state index contributed by atoms with van der Waals surface area (Å²) < 4.78 is 10.3. The van der Waals surface area contributed by atoms with Crippen molar-refractivity contribution in [2.45, 2.75) is 19.8 Å². The molecule has 0 saturated carbocycles. The van der Waals surface area contributed by atoms with Crippen molar-refractivity contribution in [2.75, 3.05) is 19.8 Å². The summed E-state index contributed by atoms with van der Waals surface area (Å²) in [6, 6.07) is 15.0. The normalized spacial score (nSPS) is 10.2. The van der Waals surface area contributed by atoms with Crippen molar-refractivity contribution in [2.24, 2.45) is 0 Å². The molecule has 138 valence electrons. The zero-order chi connectivity index (χ0) is 18.8. The van der Waals surface area contributed by atoms with Gasteiger partial charge in [-0.25, -0.2) is 4.79 Å². The molecule has 0 atom stereocenters. The fourth-order valence-electron chi connectivity index (χ4n) is 2.20. The Kier molecular flexibility index (Phi) is 7.96.